The fourth-order valence-electron chi connectivity index (χ4n) is 2.70. The molecule has 6 heteroatoms. The van der Waals surface area contributed by atoms with Crippen LogP contribution in [0.3, 0.4) is 0 Å². The summed E-state index contributed by atoms with van der Waals surface area (Å²) in [5.74, 6) is -0.646. The Morgan fingerprint density at radius 3 is 2.44 bits per heavy atom. The number of hydrogen-bond donors (Lipinski definition) is 2. The van der Waals surface area contributed by atoms with Crippen LogP contribution < -0.4 is 15.5 Å². The molecule has 2 rings (SSSR count). The predicted octanol–water partition coefficient (Wildman–Crippen LogP) is 2.54. The summed E-state index contributed by atoms with van der Waals surface area (Å²) in [6.45, 7) is 4.03. The lowest BCUT2D eigenvalue weighted by Crippen LogP contribution is -2.43. The van der Waals surface area contributed by atoms with Crippen molar-refractivity contribution < 1.29 is 14.3 Å². The summed E-state index contributed by atoms with van der Waals surface area (Å²) in [6, 6.07) is 7.30. The van der Waals surface area contributed by atoms with Crippen molar-refractivity contribution >= 4 is 18.0 Å². The molecule has 6 nitrogen and oxygen atoms in total. The molecule has 2 amide bonds. The standard InChI is InChI=1S/C19H25N3O3/c1-2-13-25-17-11-9-15(10-12-17)14-20-22-19(24)18(23)21-16-7-5-3-4-6-8-16/h2,9-12,14,16H,1,3-8,13H2,(H,21,23)(H,22,24)/b20-14-. The molecular formula is C19H25N3O3. The van der Waals surface area contributed by atoms with E-state index < -0.39 is 11.8 Å². The van der Waals surface area contributed by atoms with Crippen LogP contribution in [0, 0.1) is 0 Å². The lowest BCUT2D eigenvalue weighted by molar-refractivity contribution is -0.139. The van der Waals surface area contributed by atoms with E-state index in [0.717, 1.165) is 37.0 Å². The minimum atomic E-state index is -0.744. The largest absolute Gasteiger partial charge is 0.490 e. The predicted molar refractivity (Wildman–Crippen MR) is 97.5 cm³/mol. The quantitative estimate of drug-likeness (QED) is 0.274. The monoisotopic (exact) mass is 343 g/mol. The van der Waals surface area contributed by atoms with Gasteiger partial charge in [-0.05, 0) is 42.7 Å². The molecule has 1 aliphatic rings. The fourth-order valence-corrected chi connectivity index (χ4v) is 2.70. The van der Waals surface area contributed by atoms with Gasteiger partial charge in [-0.2, -0.15) is 5.10 Å². The van der Waals surface area contributed by atoms with Gasteiger partial charge in [-0.15, -0.1) is 0 Å². The van der Waals surface area contributed by atoms with Crippen LogP contribution in [0.25, 0.3) is 0 Å². The molecule has 1 aromatic rings. The highest BCUT2D eigenvalue weighted by atomic mass is 16.5. The van der Waals surface area contributed by atoms with Gasteiger partial charge in [0, 0.05) is 6.04 Å². The lowest BCUT2D eigenvalue weighted by Gasteiger charge is -2.14. The highest BCUT2D eigenvalue weighted by Crippen LogP contribution is 2.17. The molecule has 0 aliphatic heterocycles. The second-order valence-corrected chi connectivity index (χ2v) is 6.03. The maximum absolute atomic E-state index is 11.9. The minimum Gasteiger partial charge on any atom is -0.490 e. The maximum atomic E-state index is 11.9. The molecule has 0 spiro atoms. The van der Waals surface area contributed by atoms with Crippen LogP contribution >= 0.6 is 0 Å². The molecule has 0 saturated heterocycles. The van der Waals surface area contributed by atoms with Crippen molar-refractivity contribution in [1.82, 2.24) is 10.7 Å². The molecule has 0 unspecified atom stereocenters. The smallest absolute Gasteiger partial charge is 0.329 e. The van der Waals surface area contributed by atoms with Gasteiger partial charge in [0.1, 0.15) is 12.4 Å². The summed E-state index contributed by atoms with van der Waals surface area (Å²) >= 11 is 0. The highest BCUT2D eigenvalue weighted by molar-refractivity contribution is 6.35. The zero-order valence-electron chi connectivity index (χ0n) is 14.4. The topological polar surface area (TPSA) is 79.8 Å². The van der Waals surface area contributed by atoms with Crippen molar-refractivity contribution in [3.05, 3.63) is 42.5 Å². The van der Waals surface area contributed by atoms with E-state index in [-0.39, 0.29) is 6.04 Å². The van der Waals surface area contributed by atoms with Gasteiger partial charge in [-0.3, -0.25) is 9.59 Å². The van der Waals surface area contributed by atoms with Crippen molar-refractivity contribution in [3.63, 3.8) is 0 Å². The number of benzene rings is 1. The van der Waals surface area contributed by atoms with E-state index in [2.05, 4.69) is 22.4 Å². The molecular weight excluding hydrogens is 318 g/mol. The van der Waals surface area contributed by atoms with Gasteiger partial charge < -0.3 is 10.1 Å². The van der Waals surface area contributed by atoms with Gasteiger partial charge in [-0.25, -0.2) is 5.43 Å². The Balaban J connectivity index is 1.76. The molecule has 25 heavy (non-hydrogen) atoms. The number of hydrogen-bond acceptors (Lipinski definition) is 4. The number of carbonyl (C=O) groups is 2. The normalized spacial score (nSPS) is 15.4. The van der Waals surface area contributed by atoms with E-state index in [1.54, 1.807) is 30.3 Å². The molecule has 1 aliphatic carbocycles. The number of carbonyl (C=O) groups excluding carboxylic acids is 2. The van der Waals surface area contributed by atoms with E-state index in [9.17, 15) is 9.59 Å². The van der Waals surface area contributed by atoms with E-state index in [0.29, 0.717) is 6.61 Å². The van der Waals surface area contributed by atoms with Crippen molar-refractivity contribution in [3.8, 4) is 5.75 Å². The van der Waals surface area contributed by atoms with Crippen molar-refractivity contribution in [2.75, 3.05) is 6.61 Å². The Kier molecular flexibility index (Phi) is 7.69. The highest BCUT2D eigenvalue weighted by Gasteiger charge is 2.19. The Labute approximate surface area is 148 Å². The average molecular weight is 343 g/mol. The summed E-state index contributed by atoms with van der Waals surface area (Å²) in [5.41, 5.74) is 3.05. The van der Waals surface area contributed by atoms with Crippen LogP contribution in [0.2, 0.25) is 0 Å². The van der Waals surface area contributed by atoms with Gasteiger partial charge >= 0.3 is 11.8 Å². The van der Waals surface area contributed by atoms with Gasteiger partial charge in [0.25, 0.3) is 0 Å². The Morgan fingerprint density at radius 2 is 1.80 bits per heavy atom. The van der Waals surface area contributed by atoms with Gasteiger partial charge in [0.15, 0.2) is 0 Å². The maximum Gasteiger partial charge on any atom is 0.329 e. The first-order valence-electron chi connectivity index (χ1n) is 8.66. The minimum absolute atomic E-state index is 0.0906. The lowest BCUT2D eigenvalue weighted by atomic mass is 10.1. The van der Waals surface area contributed by atoms with Gasteiger partial charge in [0.2, 0.25) is 0 Å². The summed E-state index contributed by atoms with van der Waals surface area (Å²) in [7, 11) is 0. The third kappa shape index (κ3) is 6.79. The third-order valence-electron chi connectivity index (χ3n) is 4.02. The van der Waals surface area contributed by atoms with Gasteiger partial charge in [-0.1, -0.05) is 38.3 Å². The SMILES string of the molecule is C=CCOc1ccc(/C=N\NC(=O)C(=O)NC2CCCCCC2)cc1. The summed E-state index contributed by atoms with van der Waals surface area (Å²) in [6.07, 6.45) is 9.60. The van der Waals surface area contributed by atoms with E-state index >= 15 is 0 Å². The molecule has 0 radical (unpaired) electrons. The van der Waals surface area contributed by atoms with Crippen molar-refractivity contribution in [2.45, 2.75) is 44.6 Å². The summed E-state index contributed by atoms with van der Waals surface area (Å²) < 4.78 is 5.38. The van der Waals surface area contributed by atoms with Crippen LogP contribution in [-0.2, 0) is 9.59 Å². The first kappa shape index (κ1) is 18.7. The molecule has 0 bridgehead atoms. The van der Waals surface area contributed by atoms with E-state index in [1.807, 2.05) is 0 Å². The molecule has 1 fully saturated rings. The molecule has 134 valence electrons. The van der Waals surface area contributed by atoms with Crippen molar-refractivity contribution in [1.29, 1.82) is 0 Å². The van der Waals surface area contributed by atoms with E-state index in [1.165, 1.54) is 19.1 Å². The molecule has 1 aromatic carbocycles. The molecule has 0 heterocycles. The zero-order valence-corrected chi connectivity index (χ0v) is 14.4. The Bertz CT molecular complexity index is 603. The Hall–Kier alpha value is -2.63. The number of nitrogens with one attached hydrogen (secondary N) is 2. The number of nitrogens with zero attached hydrogens (tertiary/aromatic N) is 1. The molecule has 2 N–H and O–H groups in total. The van der Waals surface area contributed by atoms with Crippen LogP contribution in [0.15, 0.2) is 42.0 Å². The number of hydrazone groups is 1. The summed E-state index contributed by atoms with van der Waals surface area (Å²) in [4.78, 5) is 23.7. The molecule has 1 saturated carbocycles. The summed E-state index contributed by atoms with van der Waals surface area (Å²) in [5, 5.41) is 6.61. The molecule has 0 atom stereocenters. The van der Waals surface area contributed by atoms with Crippen LogP contribution in [0.5, 0.6) is 5.75 Å². The van der Waals surface area contributed by atoms with Crippen LogP contribution in [-0.4, -0.2) is 30.7 Å². The third-order valence-corrected chi connectivity index (χ3v) is 4.02. The average Bonchev–Trinajstić information content (AvgIpc) is 2.89. The zero-order chi connectivity index (χ0) is 17.9. The second-order valence-electron chi connectivity index (χ2n) is 6.03. The van der Waals surface area contributed by atoms with Crippen LogP contribution in [0.4, 0.5) is 0 Å². The second kappa shape index (κ2) is 10.3. The Morgan fingerprint density at radius 1 is 1.12 bits per heavy atom. The number of ether oxygens (including phenoxy) is 1. The van der Waals surface area contributed by atoms with Gasteiger partial charge in [0.05, 0.1) is 6.21 Å². The van der Waals surface area contributed by atoms with Crippen molar-refractivity contribution in [2.24, 2.45) is 5.10 Å². The first-order valence-corrected chi connectivity index (χ1v) is 8.66. The number of rotatable bonds is 6. The molecule has 0 aromatic heterocycles. The number of amides is 2. The van der Waals surface area contributed by atoms with E-state index in [4.69, 9.17) is 4.74 Å². The fraction of sp³-hybridized carbons (Fsp3) is 0.421. The first-order chi connectivity index (χ1) is 12.2. The van der Waals surface area contributed by atoms with Crippen LogP contribution in [0.1, 0.15) is 44.1 Å².